The summed E-state index contributed by atoms with van der Waals surface area (Å²) in [6.45, 7) is 2.70. The van der Waals surface area contributed by atoms with E-state index in [1.165, 1.54) is 0 Å². The Morgan fingerprint density at radius 1 is 1.47 bits per heavy atom. The monoisotopic (exact) mass is 311 g/mol. The Bertz CT molecular complexity index is 249. The van der Waals surface area contributed by atoms with E-state index >= 15 is 0 Å². The molecule has 0 aromatic carbocycles. The van der Waals surface area contributed by atoms with Crippen molar-refractivity contribution in [2.45, 2.75) is 56.2 Å². The van der Waals surface area contributed by atoms with Gasteiger partial charge in [0, 0.05) is 30.1 Å². The number of amides is 1. The van der Waals surface area contributed by atoms with Gasteiger partial charge in [-0.05, 0) is 25.7 Å². The fourth-order valence-electron chi connectivity index (χ4n) is 2.04. The molecule has 2 nitrogen and oxygen atoms in total. The lowest BCUT2D eigenvalue weighted by Gasteiger charge is -2.27. The van der Waals surface area contributed by atoms with Crippen LogP contribution in [0.2, 0.25) is 0 Å². The molecule has 1 rings (SSSR count). The molecule has 0 heterocycles. The minimum atomic E-state index is -2.55. The van der Waals surface area contributed by atoms with E-state index in [-0.39, 0.29) is 24.7 Å². The fraction of sp³-hybridized carbons (Fsp3) is 0.917. The first-order valence-corrected chi connectivity index (χ1v) is 7.12. The Morgan fingerprint density at radius 2 is 2.06 bits per heavy atom. The minimum Gasteiger partial charge on any atom is -0.356 e. The van der Waals surface area contributed by atoms with Gasteiger partial charge in [0.25, 0.3) is 0 Å². The average Bonchev–Trinajstić information content (AvgIpc) is 2.23. The van der Waals surface area contributed by atoms with E-state index in [4.69, 9.17) is 0 Å². The fourth-order valence-corrected chi connectivity index (χ4v) is 2.37. The van der Waals surface area contributed by atoms with Crippen LogP contribution in [0.15, 0.2) is 0 Å². The van der Waals surface area contributed by atoms with Crippen molar-refractivity contribution in [1.29, 1.82) is 0 Å². The maximum atomic E-state index is 12.9. The smallest absolute Gasteiger partial charge is 0.248 e. The van der Waals surface area contributed by atoms with Crippen LogP contribution in [0.3, 0.4) is 0 Å². The number of hydrogen-bond donors (Lipinski definition) is 1. The number of carbonyl (C=O) groups is 1. The summed E-state index contributed by atoms with van der Waals surface area (Å²) in [6.07, 6.45) is 2.25. The van der Waals surface area contributed by atoms with Crippen LogP contribution in [0.4, 0.5) is 8.78 Å². The van der Waals surface area contributed by atoms with Gasteiger partial charge in [-0.2, -0.15) is 0 Å². The molecular formula is C12H20BrF2NO. The molecule has 1 aliphatic rings. The molecule has 0 bridgehead atoms. The van der Waals surface area contributed by atoms with Gasteiger partial charge in [0.15, 0.2) is 0 Å². The minimum absolute atomic E-state index is 0.0530. The van der Waals surface area contributed by atoms with Gasteiger partial charge in [0.2, 0.25) is 11.8 Å². The molecule has 0 aromatic heterocycles. The van der Waals surface area contributed by atoms with E-state index in [0.29, 0.717) is 24.2 Å². The Kier molecular flexibility index (Phi) is 5.83. The highest BCUT2D eigenvalue weighted by molar-refractivity contribution is 9.09. The van der Waals surface area contributed by atoms with Crippen LogP contribution < -0.4 is 5.32 Å². The topological polar surface area (TPSA) is 29.1 Å². The molecule has 5 heteroatoms. The van der Waals surface area contributed by atoms with Crippen molar-refractivity contribution in [3.8, 4) is 0 Å². The number of carbonyl (C=O) groups excluding carboxylic acids is 1. The van der Waals surface area contributed by atoms with Crippen LogP contribution in [-0.4, -0.2) is 23.2 Å². The molecule has 1 aliphatic carbocycles. The SMILES string of the molecule is CC(Br)CCCNC(=O)C1CCC(F)(F)CC1. The summed E-state index contributed by atoms with van der Waals surface area (Å²) in [7, 11) is 0. The molecule has 0 aliphatic heterocycles. The molecule has 0 radical (unpaired) electrons. The van der Waals surface area contributed by atoms with E-state index in [1.54, 1.807) is 0 Å². The Balaban J connectivity index is 2.16. The predicted molar refractivity (Wildman–Crippen MR) is 67.5 cm³/mol. The van der Waals surface area contributed by atoms with Gasteiger partial charge < -0.3 is 5.32 Å². The average molecular weight is 312 g/mol. The summed E-state index contributed by atoms with van der Waals surface area (Å²) in [5.41, 5.74) is 0. The maximum Gasteiger partial charge on any atom is 0.248 e. The molecule has 1 fully saturated rings. The summed E-state index contributed by atoms with van der Waals surface area (Å²) in [4.78, 5) is 12.1. The van der Waals surface area contributed by atoms with Gasteiger partial charge in [-0.25, -0.2) is 8.78 Å². The highest BCUT2D eigenvalue weighted by atomic mass is 79.9. The van der Waals surface area contributed by atoms with Crippen LogP contribution in [0.25, 0.3) is 0 Å². The van der Waals surface area contributed by atoms with Gasteiger partial charge >= 0.3 is 0 Å². The largest absolute Gasteiger partial charge is 0.356 e. The second kappa shape index (κ2) is 6.66. The van der Waals surface area contributed by atoms with Crippen molar-refractivity contribution in [3.63, 3.8) is 0 Å². The lowest BCUT2D eigenvalue weighted by Crippen LogP contribution is -2.36. The zero-order valence-electron chi connectivity index (χ0n) is 10.1. The third kappa shape index (κ3) is 5.80. The van der Waals surface area contributed by atoms with E-state index in [0.717, 1.165) is 12.8 Å². The van der Waals surface area contributed by atoms with Crippen LogP contribution in [-0.2, 0) is 4.79 Å². The van der Waals surface area contributed by atoms with Crippen LogP contribution >= 0.6 is 15.9 Å². The lowest BCUT2D eigenvalue weighted by atomic mass is 9.86. The van der Waals surface area contributed by atoms with E-state index in [1.807, 2.05) is 0 Å². The second-order valence-electron chi connectivity index (χ2n) is 4.84. The molecule has 1 N–H and O–H groups in total. The van der Waals surface area contributed by atoms with Gasteiger partial charge in [-0.3, -0.25) is 4.79 Å². The predicted octanol–water partition coefficient (Wildman–Crippen LogP) is 3.49. The first-order chi connectivity index (χ1) is 7.91. The normalized spacial score (nSPS) is 22.1. The number of halogens is 3. The van der Waals surface area contributed by atoms with Crippen molar-refractivity contribution in [3.05, 3.63) is 0 Å². The Morgan fingerprint density at radius 3 is 2.59 bits per heavy atom. The third-order valence-corrected chi connectivity index (χ3v) is 3.62. The number of hydrogen-bond acceptors (Lipinski definition) is 1. The summed E-state index contributed by atoms with van der Waals surface area (Å²) in [6, 6.07) is 0. The summed E-state index contributed by atoms with van der Waals surface area (Å²) >= 11 is 3.43. The Hall–Kier alpha value is -0.190. The molecule has 0 saturated heterocycles. The molecule has 1 saturated carbocycles. The van der Waals surface area contributed by atoms with Crippen molar-refractivity contribution >= 4 is 21.8 Å². The van der Waals surface area contributed by atoms with Crippen molar-refractivity contribution < 1.29 is 13.6 Å². The maximum absolute atomic E-state index is 12.9. The number of rotatable bonds is 5. The van der Waals surface area contributed by atoms with Crippen LogP contribution in [0.1, 0.15) is 45.4 Å². The third-order valence-electron chi connectivity index (χ3n) is 3.17. The molecular weight excluding hydrogens is 292 g/mol. The zero-order chi connectivity index (χ0) is 12.9. The van der Waals surface area contributed by atoms with E-state index in [9.17, 15) is 13.6 Å². The van der Waals surface area contributed by atoms with Gasteiger partial charge in [0.1, 0.15) is 0 Å². The first kappa shape index (κ1) is 14.9. The molecule has 1 unspecified atom stereocenters. The summed E-state index contributed by atoms with van der Waals surface area (Å²) in [5, 5.41) is 2.83. The van der Waals surface area contributed by atoms with Crippen molar-refractivity contribution in [1.82, 2.24) is 5.32 Å². The van der Waals surface area contributed by atoms with Gasteiger partial charge in [0.05, 0.1) is 0 Å². The van der Waals surface area contributed by atoms with Gasteiger partial charge in [-0.1, -0.05) is 22.9 Å². The van der Waals surface area contributed by atoms with Crippen LogP contribution in [0, 0.1) is 5.92 Å². The first-order valence-electron chi connectivity index (χ1n) is 6.20. The van der Waals surface area contributed by atoms with Gasteiger partial charge in [-0.15, -0.1) is 0 Å². The highest BCUT2D eigenvalue weighted by Crippen LogP contribution is 2.36. The quantitative estimate of drug-likeness (QED) is 0.611. The zero-order valence-corrected chi connectivity index (χ0v) is 11.7. The van der Waals surface area contributed by atoms with Crippen molar-refractivity contribution in [2.24, 2.45) is 5.92 Å². The van der Waals surface area contributed by atoms with Crippen molar-refractivity contribution in [2.75, 3.05) is 6.54 Å². The summed E-state index contributed by atoms with van der Waals surface area (Å²) < 4.78 is 25.8. The van der Waals surface area contributed by atoms with Crippen LogP contribution in [0.5, 0.6) is 0 Å². The molecule has 0 aromatic rings. The van der Waals surface area contributed by atoms with E-state index in [2.05, 4.69) is 28.2 Å². The molecule has 100 valence electrons. The standard InChI is InChI=1S/C12H20BrF2NO/c1-9(13)3-2-8-16-11(17)10-4-6-12(14,15)7-5-10/h9-10H,2-8H2,1H3,(H,16,17). The molecule has 1 amide bonds. The second-order valence-corrected chi connectivity index (χ2v) is 6.41. The molecule has 17 heavy (non-hydrogen) atoms. The molecule has 1 atom stereocenters. The number of alkyl halides is 3. The highest BCUT2D eigenvalue weighted by Gasteiger charge is 2.37. The van der Waals surface area contributed by atoms with E-state index < -0.39 is 5.92 Å². The molecule has 0 spiro atoms. The Labute approximate surface area is 110 Å². The lowest BCUT2D eigenvalue weighted by molar-refractivity contribution is -0.129. The summed E-state index contributed by atoms with van der Waals surface area (Å²) in [5.74, 6) is -2.82. The number of nitrogens with one attached hydrogen (secondary N) is 1.